The zero-order valence-electron chi connectivity index (χ0n) is 10.8. The first kappa shape index (κ1) is 12.2. The van der Waals surface area contributed by atoms with Crippen LogP contribution >= 0.6 is 0 Å². The number of aromatic nitrogens is 4. The standard InChI is InChI=1S/C12H10N4.C2H6/c1-9-8-14-12-6-5-11(15-16(9)12)10-4-2-3-7-13-10;1-2/h2-8H,1H3;1-2H3. The second-order valence-corrected chi connectivity index (χ2v) is 3.60. The Morgan fingerprint density at radius 3 is 2.50 bits per heavy atom. The third-order valence-electron chi connectivity index (χ3n) is 2.46. The third-order valence-corrected chi connectivity index (χ3v) is 2.46. The van der Waals surface area contributed by atoms with Crippen LogP contribution in [0, 0.1) is 6.92 Å². The van der Waals surface area contributed by atoms with Crippen LogP contribution in [-0.2, 0) is 0 Å². The summed E-state index contributed by atoms with van der Waals surface area (Å²) < 4.78 is 1.82. The fourth-order valence-electron chi connectivity index (χ4n) is 1.64. The van der Waals surface area contributed by atoms with E-state index in [-0.39, 0.29) is 0 Å². The molecular weight excluding hydrogens is 224 g/mol. The molecule has 0 saturated carbocycles. The first-order chi connectivity index (χ1) is 8.84. The molecule has 0 atom stereocenters. The Bertz CT molecular complexity index is 629. The molecule has 3 heterocycles. The van der Waals surface area contributed by atoms with Gasteiger partial charge in [0.2, 0.25) is 0 Å². The van der Waals surface area contributed by atoms with Gasteiger partial charge < -0.3 is 0 Å². The van der Waals surface area contributed by atoms with Gasteiger partial charge in [-0.3, -0.25) is 4.98 Å². The molecule has 92 valence electrons. The molecule has 3 aromatic rings. The molecule has 4 nitrogen and oxygen atoms in total. The Kier molecular flexibility index (Phi) is 3.67. The number of hydrogen-bond acceptors (Lipinski definition) is 3. The van der Waals surface area contributed by atoms with Gasteiger partial charge in [0.15, 0.2) is 5.65 Å². The van der Waals surface area contributed by atoms with Crippen LogP contribution in [0.1, 0.15) is 19.5 Å². The molecule has 0 amide bonds. The number of pyridine rings is 1. The normalized spacial score (nSPS) is 9.94. The maximum atomic E-state index is 4.50. The molecule has 0 aliphatic heterocycles. The van der Waals surface area contributed by atoms with Gasteiger partial charge in [0.1, 0.15) is 5.69 Å². The van der Waals surface area contributed by atoms with Crippen molar-refractivity contribution < 1.29 is 0 Å². The van der Waals surface area contributed by atoms with Gasteiger partial charge in [-0.2, -0.15) is 5.10 Å². The minimum Gasteiger partial charge on any atom is -0.255 e. The van der Waals surface area contributed by atoms with E-state index in [1.807, 2.05) is 61.8 Å². The molecule has 0 spiro atoms. The van der Waals surface area contributed by atoms with Crippen molar-refractivity contribution >= 4 is 5.65 Å². The maximum absolute atomic E-state index is 4.50. The first-order valence-electron chi connectivity index (χ1n) is 6.07. The van der Waals surface area contributed by atoms with Crippen LogP contribution in [-0.4, -0.2) is 19.6 Å². The number of fused-ring (bicyclic) bond motifs is 1. The maximum Gasteiger partial charge on any atom is 0.153 e. The van der Waals surface area contributed by atoms with Crippen molar-refractivity contribution in [1.82, 2.24) is 19.6 Å². The van der Waals surface area contributed by atoms with Gasteiger partial charge in [-0.15, -0.1) is 0 Å². The van der Waals surface area contributed by atoms with Gasteiger partial charge in [-0.25, -0.2) is 9.50 Å². The molecule has 0 bridgehead atoms. The summed E-state index contributed by atoms with van der Waals surface area (Å²) in [6.07, 6.45) is 3.58. The number of nitrogens with zero attached hydrogens (tertiary/aromatic N) is 4. The predicted octanol–water partition coefficient (Wildman–Crippen LogP) is 3.13. The van der Waals surface area contributed by atoms with E-state index < -0.39 is 0 Å². The van der Waals surface area contributed by atoms with Crippen molar-refractivity contribution in [3.05, 3.63) is 48.4 Å². The smallest absolute Gasteiger partial charge is 0.153 e. The lowest BCUT2D eigenvalue weighted by atomic mass is 10.2. The molecule has 0 aromatic carbocycles. The number of aryl methyl sites for hydroxylation is 1. The molecule has 0 fully saturated rings. The summed E-state index contributed by atoms with van der Waals surface area (Å²) in [6.45, 7) is 5.98. The van der Waals surface area contributed by atoms with Crippen molar-refractivity contribution in [1.29, 1.82) is 0 Å². The van der Waals surface area contributed by atoms with E-state index in [2.05, 4.69) is 15.1 Å². The van der Waals surface area contributed by atoms with Gasteiger partial charge >= 0.3 is 0 Å². The highest BCUT2D eigenvalue weighted by Crippen LogP contribution is 2.14. The molecule has 3 aromatic heterocycles. The van der Waals surface area contributed by atoms with Crippen molar-refractivity contribution in [2.75, 3.05) is 0 Å². The lowest BCUT2D eigenvalue weighted by Crippen LogP contribution is -1.96. The third kappa shape index (κ3) is 2.22. The van der Waals surface area contributed by atoms with E-state index >= 15 is 0 Å². The lowest BCUT2D eigenvalue weighted by molar-refractivity contribution is 0.902. The Morgan fingerprint density at radius 2 is 1.78 bits per heavy atom. The average Bonchev–Trinajstić information content (AvgIpc) is 2.83. The zero-order valence-corrected chi connectivity index (χ0v) is 10.8. The highest BCUT2D eigenvalue weighted by Gasteiger charge is 2.04. The molecule has 0 aliphatic rings. The largest absolute Gasteiger partial charge is 0.255 e. The first-order valence-corrected chi connectivity index (χ1v) is 6.07. The monoisotopic (exact) mass is 240 g/mol. The van der Waals surface area contributed by atoms with Crippen LogP contribution in [0.3, 0.4) is 0 Å². The van der Waals surface area contributed by atoms with Crippen LogP contribution in [0.2, 0.25) is 0 Å². The predicted molar refractivity (Wildman–Crippen MR) is 72.3 cm³/mol. The lowest BCUT2D eigenvalue weighted by Gasteiger charge is -2.01. The van der Waals surface area contributed by atoms with E-state index in [0.29, 0.717) is 0 Å². The van der Waals surface area contributed by atoms with E-state index in [0.717, 1.165) is 22.7 Å². The van der Waals surface area contributed by atoms with E-state index in [1.165, 1.54) is 0 Å². The van der Waals surface area contributed by atoms with E-state index in [1.54, 1.807) is 6.20 Å². The highest BCUT2D eigenvalue weighted by molar-refractivity contribution is 5.55. The van der Waals surface area contributed by atoms with Crippen LogP contribution in [0.25, 0.3) is 17.0 Å². The molecule has 3 rings (SSSR count). The summed E-state index contributed by atoms with van der Waals surface area (Å²) in [6, 6.07) is 9.67. The molecular formula is C14H16N4. The van der Waals surface area contributed by atoms with Gasteiger partial charge in [0, 0.05) is 6.20 Å². The van der Waals surface area contributed by atoms with E-state index in [4.69, 9.17) is 0 Å². The van der Waals surface area contributed by atoms with Crippen LogP contribution in [0.15, 0.2) is 42.7 Å². The number of imidazole rings is 1. The second-order valence-electron chi connectivity index (χ2n) is 3.60. The van der Waals surface area contributed by atoms with Gasteiger partial charge in [-0.05, 0) is 31.2 Å². The Morgan fingerprint density at radius 1 is 0.944 bits per heavy atom. The Labute approximate surface area is 106 Å². The van der Waals surface area contributed by atoms with Crippen molar-refractivity contribution in [3.8, 4) is 11.4 Å². The van der Waals surface area contributed by atoms with Crippen LogP contribution in [0.4, 0.5) is 0 Å². The summed E-state index contributed by atoms with van der Waals surface area (Å²) in [4.78, 5) is 8.51. The van der Waals surface area contributed by atoms with Crippen molar-refractivity contribution in [3.63, 3.8) is 0 Å². The van der Waals surface area contributed by atoms with Crippen molar-refractivity contribution in [2.24, 2.45) is 0 Å². The SMILES string of the molecule is CC.Cc1cnc2ccc(-c3ccccn3)nn12. The molecule has 18 heavy (non-hydrogen) atoms. The van der Waals surface area contributed by atoms with Gasteiger partial charge in [0.05, 0.1) is 17.6 Å². The van der Waals surface area contributed by atoms with Gasteiger partial charge in [0.25, 0.3) is 0 Å². The molecule has 0 unspecified atom stereocenters. The quantitative estimate of drug-likeness (QED) is 0.656. The van der Waals surface area contributed by atoms with Crippen LogP contribution in [0.5, 0.6) is 0 Å². The second kappa shape index (κ2) is 5.40. The molecule has 0 N–H and O–H groups in total. The fraction of sp³-hybridized carbons (Fsp3) is 0.214. The fourth-order valence-corrected chi connectivity index (χ4v) is 1.64. The minimum atomic E-state index is 0.856. The summed E-state index contributed by atoms with van der Waals surface area (Å²) in [5.41, 5.74) is 3.61. The summed E-state index contributed by atoms with van der Waals surface area (Å²) >= 11 is 0. The molecule has 0 aliphatic carbocycles. The summed E-state index contributed by atoms with van der Waals surface area (Å²) in [5.74, 6) is 0. The van der Waals surface area contributed by atoms with Crippen molar-refractivity contribution in [2.45, 2.75) is 20.8 Å². The summed E-state index contributed by atoms with van der Waals surface area (Å²) in [5, 5.41) is 4.50. The highest BCUT2D eigenvalue weighted by atomic mass is 15.3. The Balaban J connectivity index is 0.000000574. The van der Waals surface area contributed by atoms with Gasteiger partial charge in [-0.1, -0.05) is 19.9 Å². The molecule has 4 heteroatoms. The molecule has 0 radical (unpaired) electrons. The zero-order chi connectivity index (χ0) is 13.0. The average molecular weight is 240 g/mol. The minimum absolute atomic E-state index is 0.856. The number of hydrogen-bond donors (Lipinski definition) is 0. The summed E-state index contributed by atoms with van der Waals surface area (Å²) in [7, 11) is 0. The Hall–Kier alpha value is -2.23. The van der Waals surface area contributed by atoms with E-state index in [9.17, 15) is 0 Å². The topological polar surface area (TPSA) is 43.1 Å². The number of rotatable bonds is 1. The molecule has 0 saturated heterocycles. The van der Waals surface area contributed by atoms with Crippen LogP contribution < -0.4 is 0 Å².